The molecule has 1 heterocycles. The Kier molecular flexibility index (Phi) is 3.92. The summed E-state index contributed by atoms with van der Waals surface area (Å²) in [7, 11) is 0. The molecule has 19 heavy (non-hydrogen) atoms. The molecule has 3 nitrogen and oxygen atoms in total. The number of hydrogen-bond donors (Lipinski definition) is 1. The van der Waals surface area contributed by atoms with Crippen LogP contribution in [0, 0.1) is 12.7 Å². The van der Waals surface area contributed by atoms with Crippen LogP contribution in [0.15, 0.2) is 24.4 Å². The summed E-state index contributed by atoms with van der Waals surface area (Å²) in [6.45, 7) is 5.67. The molecule has 2 rings (SSSR count). The lowest BCUT2D eigenvalue weighted by Crippen LogP contribution is -2.13. The van der Waals surface area contributed by atoms with Crippen molar-refractivity contribution in [2.45, 2.75) is 32.9 Å². The maximum Gasteiger partial charge on any atom is 0.123 e. The van der Waals surface area contributed by atoms with Crippen molar-refractivity contribution >= 4 is 11.6 Å². The highest BCUT2D eigenvalue weighted by Crippen LogP contribution is 2.31. The van der Waals surface area contributed by atoms with Crippen LogP contribution in [0.1, 0.15) is 42.8 Å². The summed E-state index contributed by atoms with van der Waals surface area (Å²) in [6.07, 6.45) is 0.594. The number of hydrogen-bond acceptors (Lipinski definition) is 2. The molecular weight excluding hydrogens is 267 g/mol. The molecule has 0 radical (unpaired) electrons. The van der Waals surface area contributed by atoms with Crippen LogP contribution in [-0.2, 0) is 0 Å². The summed E-state index contributed by atoms with van der Waals surface area (Å²) < 4.78 is 14.8. The van der Waals surface area contributed by atoms with Crippen LogP contribution >= 0.6 is 11.6 Å². The average molecular weight is 283 g/mol. The molecule has 1 N–H and O–H groups in total. The van der Waals surface area contributed by atoms with E-state index in [1.54, 1.807) is 17.7 Å². The van der Waals surface area contributed by atoms with Crippen LogP contribution in [0.5, 0.6) is 0 Å². The molecule has 5 heteroatoms. The van der Waals surface area contributed by atoms with E-state index < -0.39 is 6.10 Å². The fourth-order valence-corrected chi connectivity index (χ4v) is 2.34. The first kappa shape index (κ1) is 14.0. The fraction of sp³-hybridized carbons (Fsp3) is 0.357. The van der Waals surface area contributed by atoms with Crippen molar-refractivity contribution in [3.05, 3.63) is 52.1 Å². The minimum atomic E-state index is -0.919. The Hall–Kier alpha value is -1.39. The molecule has 0 saturated heterocycles. The van der Waals surface area contributed by atoms with E-state index in [4.69, 9.17) is 11.6 Å². The Balaban J connectivity index is 2.49. The summed E-state index contributed by atoms with van der Waals surface area (Å²) >= 11 is 6.10. The van der Waals surface area contributed by atoms with Gasteiger partial charge in [0.25, 0.3) is 0 Å². The monoisotopic (exact) mass is 282 g/mol. The molecule has 0 aliphatic heterocycles. The van der Waals surface area contributed by atoms with Crippen molar-refractivity contribution in [3.63, 3.8) is 0 Å². The highest BCUT2D eigenvalue weighted by molar-refractivity contribution is 6.31. The zero-order valence-electron chi connectivity index (χ0n) is 11.1. The van der Waals surface area contributed by atoms with E-state index >= 15 is 0 Å². The van der Waals surface area contributed by atoms with Gasteiger partial charge in [-0.15, -0.1) is 0 Å². The van der Waals surface area contributed by atoms with E-state index in [0.717, 1.165) is 0 Å². The van der Waals surface area contributed by atoms with Gasteiger partial charge in [0.1, 0.15) is 11.9 Å². The Labute approximate surface area is 116 Å². The molecular formula is C14H16ClFN2O. The molecule has 1 aromatic carbocycles. The fourth-order valence-electron chi connectivity index (χ4n) is 2.11. The van der Waals surface area contributed by atoms with Gasteiger partial charge in [-0.3, -0.25) is 4.68 Å². The van der Waals surface area contributed by atoms with Crippen molar-refractivity contribution in [3.8, 4) is 0 Å². The number of aliphatic hydroxyl groups excluding tert-OH is 1. The lowest BCUT2D eigenvalue weighted by atomic mass is 10.0. The molecule has 0 aliphatic carbocycles. The molecule has 0 saturated carbocycles. The van der Waals surface area contributed by atoms with Gasteiger partial charge in [-0.05, 0) is 44.0 Å². The van der Waals surface area contributed by atoms with Gasteiger partial charge >= 0.3 is 0 Å². The summed E-state index contributed by atoms with van der Waals surface area (Å²) in [5.74, 6) is -0.322. The van der Waals surface area contributed by atoms with Gasteiger partial charge < -0.3 is 5.11 Å². The van der Waals surface area contributed by atoms with Crippen molar-refractivity contribution in [1.82, 2.24) is 9.78 Å². The van der Waals surface area contributed by atoms with E-state index in [1.807, 2.05) is 13.8 Å². The number of rotatable bonds is 3. The molecule has 1 atom stereocenters. The second kappa shape index (κ2) is 5.31. The molecule has 0 fully saturated rings. The molecule has 0 aliphatic rings. The first-order chi connectivity index (χ1) is 8.91. The first-order valence-electron chi connectivity index (χ1n) is 6.08. The van der Waals surface area contributed by atoms with E-state index in [0.29, 0.717) is 21.8 Å². The third-order valence-electron chi connectivity index (χ3n) is 3.06. The first-order valence-corrected chi connectivity index (χ1v) is 6.46. The van der Waals surface area contributed by atoms with E-state index in [2.05, 4.69) is 5.10 Å². The Morgan fingerprint density at radius 2 is 2.05 bits per heavy atom. The van der Waals surface area contributed by atoms with Gasteiger partial charge in [-0.1, -0.05) is 17.7 Å². The van der Waals surface area contributed by atoms with Crippen molar-refractivity contribution < 1.29 is 9.50 Å². The molecule has 2 aromatic rings. The minimum Gasteiger partial charge on any atom is -0.382 e. The third-order valence-corrected chi connectivity index (χ3v) is 3.35. The number of halogens is 2. The lowest BCUT2D eigenvalue weighted by molar-refractivity contribution is 0.204. The van der Waals surface area contributed by atoms with E-state index in [-0.39, 0.29) is 11.9 Å². The highest BCUT2D eigenvalue weighted by atomic mass is 35.5. The number of nitrogens with zero attached hydrogens (tertiary/aromatic N) is 2. The average Bonchev–Trinajstić information content (AvgIpc) is 2.70. The number of aromatic nitrogens is 2. The predicted octanol–water partition coefficient (Wildman–Crippen LogP) is 3.65. The molecule has 102 valence electrons. The van der Waals surface area contributed by atoms with Crippen LogP contribution in [0.25, 0.3) is 0 Å². The van der Waals surface area contributed by atoms with E-state index in [1.165, 1.54) is 18.3 Å². The molecule has 0 spiro atoms. The SMILES string of the molecule is Cc1cc(F)ccc1C(O)c1c(Cl)cnn1C(C)C. The van der Waals surface area contributed by atoms with Crippen molar-refractivity contribution in [1.29, 1.82) is 0 Å². The van der Waals surface area contributed by atoms with Crippen LogP contribution < -0.4 is 0 Å². The smallest absolute Gasteiger partial charge is 0.123 e. The van der Waals surface area contributed by atoms with Crippen LogP contribution in [0.4, 0.5) is 4.39 Å². The largest absolute Gasteiger partial charge is 0.382 e. The Bertz CT molecular complexity index is 595. The van der Waals surface area contributed by atoms with Gasteiger partial charge in [0.2, 0.25) is 0 Å². The number of aryl methyl sites for hydroxylation is 1. The summed E-state index contributed by atoms with van der Waals surface area (Å²) in [5.41, 5.74) is 1.84. The highest BCUT2D eigenvalue weighted by Gasteiger charge is 2.22. The standard InChI is InChI=1S/C14H16ClFN2O/c1-8(2)18-13(12(15)7-17-18)14(19)11-5-4-10(16)6-9(11)3/h4-8,14,19H,1-3H3. The van der Waals surface area contributed by atoms with E-state index in [9.17, 15) is 9.50 Å². The molecule has 0 amide bonds. The van der Waals surface area contributed by atoms with Gasteiger partial charge in [0, 0.05) is 6.04 Å². The van der Waals surface area contributed by atoms with Gasteiger partial charge in [0.15, 0.2) is 0 Å². The number of aliphatic hydroxyl groups is 1. The Morgan fingerprint density at radius 3 is 2.63 bits per heavy atom. The van der Waals surface area contributed by atoms with Gasteiger partial charge in [-0.25, -0.2) is 4.39 Å². The van der Waals surface area contributed by atoms with Crippen molar-refractivity contribution in [2.24, 2.45) is 0 Å². The lowest BCUT2D eigenvalue weighted by Gasteiger charge is -2.18. The van der Waals surface area contributed by atoms with Crippen LogP contribution in [0.3, 0.4) is 0 Å². The molecule has 0 bridgehead atoms. The maximum absolute atomic E-state index is 13.1. The second-order valence-electron chi connectivity index (χ2n) is 4.82. The van der Waals surface area contributed by atoms with Gasteiger partial charge in [-0.2, -0.15) is 5.10 Å². The normalized spacial score (nSPS) is 13.0. The second-order valence-corrected chi connectivity index (χ2v) is 5.23. The Morgan fingerprint density at radius 1 is 1.37 bits per heavy atom. The summed E-state index contributed by atoms with van der Waals surface area (Å²) in [6, 6.07) is 4.37. The maximum atomic E-state index is 13.1. The van der Waals surface area contributed by atoms with Gasteiger partial charge in [0.05, 0.1) is 16.9 Å². The zero-order valence-corrected chi connectivity index (χ0v) is 11.8. The van der Waals surface area contributed by atoms with Crippen LogP contribution in [0.2, 0.25) is 5.02 Å². The third kappa shape index (κ3) is 2.65. The minimum absolute atomic E-state index is 0.0814. The zero-order chi connectivity index (χ0) is 14.2. The predicted molar refractivity (Wildman–Crippen MR) is 72.8 cm³/mol. The topological polar surface area (TPSA) is 38.1 Å². The van der Waals surface area contributed by atoms with Crippen LogP contribution in [-0.4, -0.2) is 14.9 Å². The quantitative estimate of drug-likeness (QED) is 0.933. The summed E-state index contributed by atoms with van der Waals surface area (Å²) in [5, 5.41) is 15.1. The molecule has 1 aromatic heterocycles. The molecule has 1 unspecified atom stereocenters. The number of benzene rings is 1. The van der Waals surface area contributed by atoms with Crippen molar-refractivity contribution in [2.75, 3.05) is 0 Å². The summed E-state index contributed by atoms with van der Waals surface area (Å²) in [4.78, 5) is 0.